The fraction of sp³-hybridized carbons (Fsp3) is 0.635. The van der Waals surface area contributed by atoms with Gasteiger partial charge in [-0.15, -0.1) is 0 Å². The van der Waals surface area contributed by atoms with Gasteiger partial charge in [0.1, 0.15) is 13.2 Å². The van der Waals surface area contributed by atoms with Gasteiger partial charge in [-0.25, -0.2) is 0 Å². The summed E-state index contributed by atoms with van der Waals surface area (Å²) in [5.41, 5.74) is 0. The topological polar surface area (TPSA) is 78.9 Å². The van der Waals surface area contributed by atoms with Crippen molar-refractivity contribution in [1.82, 2.24) is 0 Å². The highest BCUT2D eigenvalue weighted by molar-refractivity contribution is 5.71. The zero-order chi connectivity index (χ0) is 50.0. The first kappa shape index (κ1) is 64.8. The number of carbonyl (C=O) groups excluding carboxylic acids is 3. The third-order valence-electron chi connectivity index (χ3n) is 11.5. The predicted molar refractivity (Wildman–Crippen MR) is 297 cm³/mol. The molecular formula is C63H102O6. The first-order chi connectivity index (χ1) is 34.0. The highest BCUT2D eigenvalue weighted by Crippen LogP contribution is 2.13. The molecule has 0 aliphatic heterocycles. The first-order valence-corrected chi connectivity index (χ1v) is 28.0. The van der Waals surface area contributed by atoms with Gasteiger partial charge in [-0.05, 0) is 116 Å². The lowest BCUT2D eigenvalue weighted by Crippen LogP contribution is -2.30. The molecule has 69 heavy (non-hydrogen) atoms. The predicted octanol–water partition coefficient (Wildman–Crippen LogP) is 18.9. The van der Waals surface area contributed by atoms with Crippen LogP contribution in [0.25, 0.3) is 0 Å². The fourth-order valence-corrected chi connectivity index (χ4v) is 7.25. The molecule has 0 aromatic carbocycles. The molecule has 0 amide bonds. The van der Waals surface area contributed by atoms with E-state index in [1.54, 1.807) is 0 Å². The Morgan fingerprint density at radius 3 is 0.928 bits per heavy atom. The second-order valence-corrected chi connectivity index (χ2v) is 18.1. The Balaban J connectivity index is 4.36. The second kappa shape index (κ2) is 56.4. The average molecular weight is 956 g/mol. The van der Waals surface area contributed by atoms with E-state index in [0.29, 0.717) is 25.7 Å². The van der Waals surface area contributed by atoms with Gasteiger partial charge in [-0.3, -0.25) is 14.4 Å². The second-order valence-electron chi connectivity index (χ2n) is 18.1. The van der Waals surface area contributed by atoms with Crippen LogP contribution >= 0.6 is 0 Å². The van der Waals surface area contributed by atoms with Crippen LogP contribution in [0.3, 0.4) is 0 Å². The van der Waals surface area contributed by atoms with Crippen LogP contribution in [0.15, 0.2) is 122 Å². The molecule has 0 aromatic rings. The van der Waals surface area contributed by atoms with Crippen molar-refractivity contribution in [3.63, 3.8) is 0 Å². The molecule has 0 bridgehead atoms. The van der Waals surface area contributed by atoms with E-state index in [4.69, 9.17) is 14.2 Å². The molecular weight excluding hydrogens is 853 g/mol. The van der Waals surface area contributed by atoms with Gasteiger partial charge in [0.2, 0.25) is 0 Å². The number of allylic oxidation sites excluding steroid dienone is 20. The molecule has 0 aromatic heterocycles. The normalized spacial score (nSPS) is 13.0. The smallest absolute Gasteiger partial charge is 0.306 e. The van der Waals surface area contributed by atoms with Gasteiger partial charge in [-0.1, -0.05) is 226 Å². The van der Waals surface area contributed by atoms with E-state index in [9.17, 15) is 14.4 Å². The Hall–Kier alpha value is -4.19. The van der Waals surface area contributed by atoms with Crippen LogP contribution in [0.1, 0.15) is 239 Å². The fourth-order valence-electron chi connectivity index (χ4n) is 7.25. The summed E-state index contributed by atoms with van der Waals surface area (Å²) in [5.74, 6) is -0.968. The van der Waals surface area contributed by atoms with Crippen molar-refractivity contribution in [3.8, 4) is 0 Å². The van der Waals surface area contributed by atoms with Crippen molar-refractivity contribution in [1.29, 1.82) is 0 Å². The molecule has 0 heterocycles. The summed E-state index contributed by atoms with van der Waals surface area (Å²) >= 11 is 0. The van der Waals surface area contributed by atoms with Crippen molar-refractivity contribution in [2.45, 2.75) is 245 Å². The van der Waals surface area contributed by atoms with Crippen LogP contribution in [0.4, 0.5) is 0 Å². The Kier molecular flexibility index (Phi) is 53.0. The van der Waals surface area contributed by atoms with Gasteiger partial charge in [0, 0.05) is 19.3 Å². The van der Waals surface area contributed by atoms with Crippen molar-refractivity contribution in [3.05, 3.63) is 122 Å². The molecule has 1 atom stereocenters. The standard InChI is InChI=1S/C63H102O6/c1-4-7-10-13-16-19-21-23-25-27-28-29-30-31-32-33-34-35-36-37-39-40-42-44-47-50-53-56-62(65)68-59-60(58-67-61(64)55-52-49-46-18-15-12-9-6-3)69-63(66)57-54-51-48-45-43-41-38-26-24-22-20-17-14-11-8-5-2/h7,10,16,19-20,22-23,25-26,28-29,31-32,34-35,37-39,42,44,60H,4-6,8-9,11-15,17-18,21,24,27,30,33,36,40-41,43,45-59H2,1-3H3/b10-7-,19-16-,22-20-,25-23-,29-28-,32-31-,35-34-,38-26-,39-37-,44-42-. The Morgan fingerprint density at radius 2 is 0.565 bits per heavy atom. The lowest BCUT2D eigenvalue weighted by molar-refractivity contribution is -0.167. The first-order valence-electron chi connectivity index (χ1n) is 28.0. The molecule has 0 saturated heterocycles. The summed E-state index contributed by atoms with van der Waals surface area (Å²) in [6, 6.07) is 0. The van der Waals surface area contributed by atoms with Crippen LogP contribution in [0.2, 0.25) is 0 Å². The van der Waals surface area contributed by atoms with Gasteiger partial charge in [0.05, 0.1) is 0 Å². The van der Waals surface area contributed by atoms with E-state index < -0.39 is 6.10 Å². The molecule has 0 N–H and O–H groups in total. The van der Waals surface area contributed by atoms with Crippen LogP contribution in [-0.2, 0) is 28.6 Å². The number of rotatable bonds is 49. The summed E-state index contributed by atoms with van der Waals surface area (Å²) in [6.45, 7) is 6.42. The molecule has 0 aliphatic carbocycles. The minimum Gasteiger partial charge on any atom is -0.462 e. The van der Waals surface area contributed by atoms with Crippen molar-refractivity contribution >= 4 is 17.9 Å². The number of hydrogen-bond donors (Lipinski definition) is 0. The maximum absolute atomic E-state index is 12.8. The number of unbranched alkanes of at least 4 members (excludes halogenated alkanes) is 18. The molecule has 6 nitrogen and oxygen atoms in total. The van der Waals surface area contributed by atoms with Gasteiger partial charge >= 0.3 is 17.9 Å². The van der Waals surface area contributed by atoms with Crippen molar-refractivity contribution in [2.24, 2.45) is 0 Å². The lowest BCUT2D eigenvalue weighted by atomic mass is 10.1. The van der Waals surface area contributed by atoms with Gasteiger partial charge in [-0.2, -0.15) is 0 Å². The number of ether oxygens (including phenoxy) is 3. The highest BCUT2D eigenvalue weighted by atomic mass is 16.6. The lowest BCUT2D eigenvalue weighted by Gasteiger charge is -2.18. The largest absolute Gasteiger partial charge is 0.462 e. The van der Waals surface area contributed by atoms with E-state index in [0.717, 1.165) is 128 Å². The molecule has 1 unspecified atom stereocenters. The third-order valence-corrected chi connectivity index (χ3v) is 11.5. The maximum atomic E-state index is 12.8. The quantitative estimate of drug-likeness (QED) is 0.0262. The Morgan fingerprint density at radius 1 is 0.304 bits per heavy atom. The Labute approximate surface area is 424 Å². The highest BCUT2D eigenvalue weighted by Gasteiger charge is 2.19. The third kappa shape index (κ3) is 54.6. The number of esters is 3. The van der Waals surface area contributed by atoms with Crippen molar-refractivity contribution < 1.29 is 28.6 Å². The van der Waals surface area contributed by atoms with Crippen molar-refractivity contribution in [2.75, 3.05) is 13.2 Å². The molecule has 0 radical (unpaired) electrons. The van der Waals surface area contributed by atoms with Crippen LogP contribution in [0, 0.1) is 0 Å². The number of carbonyl (C=O) groups is 3. The van der Waals surface area contributed by atoms with E-state index >= 15 is 0 Å². The Bertz CT molecular complexity index is 1470. The van der Waals surface area contributed by atoms with Crippen LogP contribution in [-0.4, -0.2) is 37.2 Å². The zero-order valence-electron chi connectivity index (χ0n) is 44.5. The molecule has 0 spiro atoms. The number of hydrogen-bond acceptors (Lipinski definition) is 6. The summed E-state index contributed by atoms with van der Waals surface area (Å²) in [4.78, 5) is 37.9. The SMILES string of the molecule is CC/C=C\C/C=C\C/C=C\C/C=C\C/C=C\C/C=C\C/C=C\C/C=C\CCCCC(=O)OCC(COC(=O)CCCCCCCCCC)OC(=O)CCCCCCC/C=C\C/C=C\CCCCCC. The molecule has 0 rings (SSSR count). The zero-order valence-corrected chi connectivity index (χ0v) is 44.5. The molecule has 6 heteroatoms. The van der Waals surface area contributed by atoms with Gasteiger partial charge in [0.15, 0.2) is 6.10 Å². The summed E-state index contributed by atoms with van der Waals surface area (Å²) in [5, 5.41) is 0. The molecule has 390 valence electrons. The molecule has 0 aliphatic rings. The van der Waals surface area contributed by atoms with E-state index in [2.05, 4.69) is 142 Å². The summed E-state index contributed by atoms with van der Waals surface area (Å²) in [6.07, 6.45) is 77.7. The van der Waals surface area contributed by atoms with E-state index in [1.165, 1.54) is 64.2 Å². The van der Waals surface area contributed by atoms with E-state index in [-0.39, 0.29) is 31.1 Å². The van der Waals surface area contributed by atoms with Crippen LogP contribution in [0.5, 0.6) is 0 Å². The minimum atomic E-state index is -0.804. The summed E-state index contributed by atoms with van der Waals surface area (Å²) < 4.78 is 16.7. The maximum Gasteiger partial charge on any atom is 0.306 e. The van der Waals surface area contributed by atoms with Crippen LogP contribution < -0.4 is 0 Å². The monoisotopic (exact) mass is 955 g/mol. The average Bonchev–Trinajstić information content (AvgIpc) is 3.35. The summed E-state index contributed by atoms with van der Waals surface area (Å²) in [7, 11) is 0. The van der Waals surface area contributed by atoms with Gasteiger partial charge < -0.3 is 14.2 Å². The minimum absolute atomic E-state index is 0.0994. The molecule has 0 saturated carbocycles. The van der Waals surface area contributed by atoms with E-state index in [1.807, 2.05) is 0 Å². The molecule has 0 fully saturated rings. The van der Waals surface area contributed by atoms with Gasteiger partial charge in [0.25, 0.3) is 0 Å².